The van der Waals surface area contributed by atoms with Crippen molar-refractivity contribution in [1.29, 1.82) is 0 Å². The molecule has 10 rings (SSSR count). The number of anilines is 2. The summed E-state index contributed by atoms with van der Waals surface area (Å²) in [5.41, 5.74) is 15.5. The van der Waals surface area contributed by atoms with Crippen molar-refractivity contribution in [3.8, 4) is 33.8 Å². The van der Waals surface area contributed by atoms with Crippen molar-refractivity contribution in [1.82, 2.24) is 0 Å². The molecule has 2 aliphatic rings. The lowest BCUT2D eigenvalue weighted by atomic mass is 9.65. The summed E-state index contributed by atoms with van der Waals surface area (Å²) in [6.07, 6.45) is 5.58. The second-order valence-corrected chi connectivity index (χ2v) is 14.0. The van der Waals surface area contributed by atoms with Gasteiger partial charge in [0, 0.05) is 33.3 Å². The van der Waals surface area contributed by atoms with Gasteiger partial charge < -0.3 is 14.5 Å². The zero-order chi connectivity index (χ0) is 35.5. The topological polar surface area (TPSA) is 34.4 Å². The lowest BCUT2D eigenvalue weighted by Gasteiger charge is -2.40. The van der Waals surface area contributed by atoms with Crippen LogP contribution >= 0.6 is 0 Å². The van der Waals surface area contributed by atoms with E-state index in [2.05, 4.69) is 189 Å². The molecule has 1 atom stereocenters. The van der Waals surface area contributed by atoms with Crippen molar-refractivity contribution >= 4 is 38.9 Å². The van der Waals surface area contributed by atoms with Crippen LogP contribution in [0.3, 0.4) is 0 Å². The summed E-state index contributed by atoms with van der Waals surface area (Å²) in [7, 11) is 0. The minimum absolute atomic E-state index is 0.496. The Morgan fingerprint density at radius 1 is 0.566 bits per heavy atom. The second-order valence-electron chi connectivity index (χ2n) is 14.0. The van der Waals surface area contributed by atoms with Crippen molar-refractivity contribution in [3.05, 3.63) is 198 Å². The average Bonchev–Trinajstić information content (AvgIpc) is 3.70. The highest BCUT2D eigenvalue weighted by Crippen LogP contribution is 2.61. The predicted molar refractivity (Wildman–Crippen MR) is 219 cm³/mol. The largest absolute Gasteiger partial charge is 0.457 e. The molecule has 1 unspecified atom stereocenters. The lowest BCUT2D eigenvalue weighted by Crippen LogP contribution is -2.33. The smallest absolute Gasteiger partial charge is 0.136 e. The number of nitrogens with one attached hydrogen (secondary N) is 1. The zero-order valence-corrected chi connectivity index (χ0v) is 29.7. The van der Waals surface area contributed by atoms with E-state index in [0.717, 1.165) is 67.9 Å². The summed E-state index contributed by atoms with van der Waals surface area (Å²) in [6, 6.07) is 56.0. The predicted octanol–water partition coefficient (Wildman–Crippen LogP) is 13.9. The molecule has 1 spiro atoms. The van der Waals surface area contributed by atoms with Crippen LogP contribution in [0.2, 0.25) is 0 Å². The number of benzene rings is 7. The number of hydrogen-bond donors (Lipinski definition) is 1. The Labute approximate surface area is 309 Å². The van der Waals surface area contributed by atoms with Gasteiger partial charge in [-0.25, -0.2) is 0 Å². The molecule has 8 aromatic rings. The number of para-hydroxylation sites is 1. The molecule has 0 fully saturated rings. The molecule has 53 heavy (non-hydrogen) atoms. The standard InChI is InChI=1S/C50H37NO2/c1-3-4-17-41-32(2)38-15-8-9-18-42(38)50(41)43-19-10-11-20-46(43)53-47-29-27-37(31-44(47)50)51-36-25-22-34(23-26-36)39-16-12-21-48-49(39)40-30-35(24-28-45(40)52-48)33-13-6-5-7-14-33/h4-31,51H,3H2,1-2H3/b17-4-. The lowest BCUT2D eigenvalue weighted by molar-refractivity contribution is 0.436. The van der Waals surface area contributed by atoms with E-state index < -0.39 is 5.41 Å². The van der Waals surface area contributed by atoms with Crippen LogP contribution in [0.1, 0.15) is 42.5 Å². The molecular weight excluding hydrogens is 647 g/mol. The van der Waals surface area contributed by atoms with Crippen LogP contribution in [-0.2, 0) is 5.41 Å². The van der Waals surface area contributed by atoms with E-state index in [4.69, 9.17) is 9.15 Å². The number of furan rings is 1. The normalized spacial score (nSPS) is 15.9. The first-order chi connectivity index (χ1) is 26.1. The fourth-order valence-electron chi connectivity index (χ4n) is 8.67. The van der Waals surface area contributed by atoms with E-state index in [-0.39, 0.29) is 0 Å². The number of rotatable bonds is 6. The molecule has 1 N–H and O–H groups in total. The van der Waals surface area contributed by atoms with E-state index in [9.17, 15) is 0 Å². The molecule has 7 aromatic carbocycles. The molecular formula is C50H37NO2. The molecule has 1 aliphatic carbocycles. The van der Waals surface area contributed by atoms with Gasteiger partial charge in [-0.05, 0) is 112 Å². The van der Waals surface area contributed by atoms with Gasteiger partial charge in [0.05, 0.1) is 5.41 Å². The van der Waals surface area contributed by atoms with Gasteiger partial charge in [0.25, 0.3) is 0 Å². The number of allylic oxidation sites excluding steroid dienone is 4. The van der Waals surface area contributed by atoms with E-state index >= 15 is 0 Å². The van der Waals surface area contributed by atoms with Crippen LogP contribution in [0.5, 0.6) is 11.5 Å². The van der Waals surface area contributed by atoms with Crippen molar-refractivity contribution < 1.29 is 9.15 Å². The van der Waals surface area contributed by atoms with Crippen LogP contribution in [0.4, 0.5) is 11.4 Å². The first-order valence-electron chi connectivity index (χ1n) is 18.4. The molecule has 0 saturated carbocycles. The molecule has 3 heteroatoms. The minimum Gasteiger partial charge on any atom is -0.457 e. The third-order valence-electron chi connectivity index (χ3n) is 11.0. The van der Waals surface area contributed by atoms with Gasteiger partial charge in [-0.1, -0.05) is 122 Å². The SMILES string of the molecule is CC/C=C\C1=C(C)c2ccccc2C12c1ccccc1Oc1ccc(Nc3ccc(-c4cccc5oc6ccc(-c7ccccc7)cc6c45)cc3)cc12. The zero-order valence-electron chi connectivity index (χ0n) is 29.7. The van der Waals surface area contributed by atoms with Crippen LogP contribution in [-0.4, -0.2) is 0 Å². The van der Waals surface area contributed by atoms with Crippen molar-refractivity contribution in [3.63, 3.8) is 0 Å². The molecule has 2 heterocycles. The van der Waals surface area contributed by atoms with Crippen molar-refractivity contribution in [2.24, 2.45) is 0 Å². The summed E-state index contributed by atoms with van der Waals surface area (Å²) in [6.45, 7) is 4.46. The highest BCUT2D eigenvalue weighted by Gasteiger charge is 2.50. The summed E-state index contributed by atoms with van der Waals surface area (Å²) >= 11 is 0. The van der Waals surface area contributed by atoms with Gasteiger partial charge in [-0.15, -0.1) is 0 Å². The molecule has 1 aliphatic heterocycles. The maximum Gasteiger partial charge on any atom is 0.136 e. The molecule has 0 amide bonds. The molecule has 0 radical (unpaired) electrons. The Bertz CT molecular complexity index is 2770. The summed E-state index contributed by atoms with van der Waals surface area (Å²) in [5.74, 6) is 1.78. The molecule has 0 saturated heterocycles. The van der Waals surface area contributed by atoms with E-state index in [1.807, 2.05) is 0 Å². The van der Waals surface area contributed by atoms with Gasteiger partial charge >= 0.3 is 0 Å². The third-order valence-corrected chi connectivity index (χ3v) is 11.0. The minimum atomic E-state index is -0.496. The number of ether oxygens (including phenoxy) is 1. The molecule has 3 nitrogen and oxygen atoms in total. The summed E-state index contributed by atoms with van der Waals surface area (Å²) < 4.78 is 13.0. The third kappa shape index (κ3) is 4.81. The van der Waals surface area contributed by atoms with E-state index in [1.165, 1.54) is 39.0 Å². The second kappa shape index (κ2) is 12.3. The monoisotopic (exact) mass is 683 g/mol. The van der Waals surface area contributed by atoms with Gasteiger partial charge in [-0.2, -0.15) is 0 Å². The van der Waals surface area contributed by atoms with E-state index in [1.54, 1.807) is 0 Å². The maximum atomic E-state index is 6.65. The van der Waals surface area contributed by atoms with Crippen LogP contribution < -0.4 is 10.1 Å². The van der Waals surface area contributed by atoms with Gasteiger partial charge in [0.15, 0.2) is 0 Å². The van der Waals surface area contributed by atoms with E-state index in [0.29, 0.717) is 0 Å². The van der Waals surface area contributed by atoms with Crippen molar-refractivity contribution in [2.75, 3.05) is 5.32 Å². The Kier molecular flexibility index (Phi) is 7.23. The maximum absolute atomic E-state index is 6.65. The summed E-state index contributed by atoms with van der Waals surface area (Å²) in [5, 5.41) is 5.99. The van der Waals surface area contributed by atoms with Crippen LogP contribution in [0.15, 0.2) is 180 Å². The Hall–Kier alpha value is -6.58. The van der Waals surface area contributed by atoms with Gasteiger partial charge in [0.2, 0.25) is 0 Å². The van der Waals surface area contributed by atoms with Crippen molar-refractivity contribution in [2.45, 2.75) is 25.7 Å². The quantitative estimate of drug-likeness (QED) is 0.189. The fourth-order valence-corrected chi connectivity index (χ4v) is 8.67. The number of fused-ring (bicyclic) bond motifs is 9. The highest BCUT2D eigenvalue weighted by atomic mass is 16.5. The Morgan fingerprint density at radius 3 is 2.13 bits per heavy atom. The number of hydrogen-bond acceptors (Lipinski definition) is 3. The molecule has 1 aromatic heterocycles. The first kappa shape index (κ1) is 31.2. The average molecular weight is 684 g/mol. The molecule has 0 bridgehead atoms. The summed E-state index contributed by atoms with van der Waals surface area (Å²) in [4.78, 5) is 0. The van der Waals surface area contributed by atoms with Gasteiger partial charge in [0.1, 0.15) is 22.7 Å². The van der Waals surface area contributed by atoms with Crippen LogP contribution in [0, 0.1) is 0 Å². The van der Waals surface area contributed by atoms with Crippen LogP contribution in [0.25, 0.3) is 49.8 Å². The molecule has 254 valence electrons. The highest BCUT2D eigenvalue weighted by molar-refractivity contribution is 6.13. The Morgan fingerprint density at radius 2 is 1.28 bits per heavy atom. The first-order valence-corrected chi connectivity index (χ1v) is 18.4. The fraction of sp³-hybridized carbons (Fsp3) is 0.0800. The van der Waals surface area contributed by atoms with Gasteiger partial charge in [-0.3, -0.25) is 0 Å². The Balaban J connectivity index is 1.04.